The van der Waals surface area contributed by atoms with Gasteiger partial charge < -0.3 is 0 Å². The molecule has 2 aromatic rings. The molecule has 1 aromatic carbocycles. The Kier molecular flexibility index (Phi) is 5.44. The Balaban J connectivity index is 2.33. The molecule has 4 nitrogen and oxygen atoms in total. The van der Waals surface area contributed by atoms with Crippen LogP contribution in [0.1, 0.15) is 20.7 Å². The summed E-state index contributed by atoms with van der Waals surface area (Å²) in [5, 5.41) is 9.46. The van der Waals surface area contributed by atoms with Crippen molar-refractivity contribution in [3.05, 3.63) is 56.2 Å². The molecule has 0 fully saturated rings. The molecular weight excluding hydrogens is 444 g/mol. The monoisotopic (exact) mass is 449 g/mol. The molecule has 1 heterocycles. The van der Waals surface area contributed by atoms with E-state index in [1.807, 2.05) is 0 Å². The average molecular weight is 451 g/mol. The van der Waals surface area contributed by atoms with Gasteiger partial charge in [0.05, 0.1) is 0 Å². The van der Waals surface area contributed by atoms with E-state index in [1.54, 1.807) is 12.1 Å². The Morgan fingerprint density at radius 3 is 2.33 bits per heavy atom. The summed E-state index contributed by atoms with van der Waals surface area (Å²) in [6.45, 7) is 0. The van der Waals surface area contributed by atoms with E-state index < -0.39 is 21.7 Å². The molecular formula is C13H7AsBrCl2NO3. The van der Waals surface area contributed by atoms with Gasteiger partial charge in [-0.15, -0.1) is 0 Å². The number of carboxylic acid groups (broad SMARTS) is 1. The third-order valence-corrected chi connectivity index (χ3v) is 5.93. The predicted molar refractivity (Wildman–Crippen MR) is 86.5 cm³/mol. The van der Waals surface area contributed by atoms with E-state index >= 15 is 0 Å². The van der Waals surface area contributed by atoms with Crippen molar-refractivity contribution in [1.82, 2.24) is 4.98 Å². The molecule has 0 amide bonds. The third kappa shape index (κ3) is 4.30. The van der Waals surface area contributed by atoms with E-state index in [9.17, 15) is 14.7 Å². The van der Waals surface area contributed by atoms with E-state index in [-0.39, 0.29) is 20.4 Å². The van der Waals surface area contributed by atoms with Crippen molar-refractivity contribution in [3.63, 3.8) is 0 Å². The molecule has 1 aromatic heterocycles. The van der Waals surface area contributed by atoms with Crippen molar-refractivity contribution >= 4 is 69.8 Å². The number of pyridine rings is 1. The molecule has 0 spiro atoms. The van der Waals surface area contributed by atoms with Gasteiger partial charge in [0, 0.05) is 0 Å². The molecule has 1 atom stereocenters. The molecule has 108 valence electrons. The molecule has 0 aliphatic rings. The quantitative estimate of drug-likeness (QED) is 0.574. The third-order valence-electron chi connectivity index (χ3n) is 2.49. The zero-order valence-electron chi connectivity index (χ0n) is 10.2. The van der Waals surface area contributed by atoms with Crippen LogP contribution in [0.15, 0.2) is 34.8 Å². The summed E-state index contributed by atoms with van der Waals surface area (Å²) >= 11 is 13.4. The number of halogens is 3. The van der Waals surface area contributed by atoms with Crippen molar-refractivity contribution in [1.29, 1.82) is 0 Å². The number of hydrogen-bond acceptors (Lipinski definition) is 3. The number of aromatic carboxylic acids is 1. The van der Waals surface area contributed by atoms with Gasteiger partial charge in [0.1, 0.15) is 0 Å². The predicted octanol–water partition coefficient (Wildman–Crippen LogP) is 2.75. The molecule has 0 radical (unpaired) electrons. The Labute approximate surface area is 145 Å². The van der Waals surface area contributed by atoms with Gasteiger partial charge in [0.2, 0.25) is 0 Å². The molecule has 2 rings (SSSR count). The van der Waals surface area contributed by atoms with E-state index in [0.717, 1.165) is 0 Å². The Hall–Kier alpha value is -0.872. The minimum absolute atomic E-state index is 0.129. The van der Waals surface area contributed by atoms with Crippen LogP contribution in [-0.2, 0) is 0 Å². The van der Waals surface area contributed by atoms with Crippen molar-refractivity contribution < 1.29 is 14.7 Å². The first kappa shape index (κ1) is 16.5. The molecule has 21 heavy (non-hydrogen) atoms. The average Bonchev–Trinajstić information content (AvgIpc) is 2.39. The summed E-state index contributed by atoms with van der Waals surface area (Å²) in [7, 11) is 0. The van der Waals surface area contributed by atoms with E-state index in [0.29, 0.717) is 14.4 Å². The second kappa shape index (κ2) is 6.93. The Bertz CT molecular complexity index is 719. The first-order valence-corrected chi connectivity index (χ1v) is 9.19. The van der Waals surface area contributed by atoms with Crippen LogP contribution in [0.5, 0.6) is 0 Å². The van der Waals surface area contributed by atoms with Gasteiger partial charge in [0.25, 0.3) is 0 Å². The Morgan fingerprint density at radius 2 is 1.76 bits per heavy atom. The summed E-state index contributed by atoms with van der Waals surface area (Å²) < 4.78 is 1.03. The number of carbonyl (C=O) groups is 2. The van der Waals surface area contributed by atoms with E-state index in [1.165, 1.54) is 18.2 Å². The summed E-state index contributed by atoms with van der Waals surface area (Å²) in [6, 6.07) is 7.71. The van der Waals surface area contributed by atoms with Crippen LogP contribution >= 0.6 is 39.1 Å². The van der Waals surface area contributed by atoms with Crippen molar-refractivity contribution in [2.24, 2.45) is 0 Å². The first-order valence-electron chi connectivity index (χ1n) is 5.54. The fraction of sp³-hybridized carbons (Fsp3) is 0. The van der Waals surface area contributed by atoms with Gasteiger partial charge in [-0.25, -0.2) is 0 Å². The zero-order valence-corrected chi connectivity index (χ0v) is 15.4. The normalized spacial score (nSPS) is 11.0. The molecule has 1 N–H and O–H groups in total. The van der Waals surface area contributed by atoms with Crippen LogP contribution < -0.4 is 4.35 Å². The van der Waals surface area contributed by atoms with Crippen LogP contribution in [0.2, 0.25) is 10.3 Å². The minimum atomic E-state index is -1.35. The second-order valence-electron chi connectivity index (χ2n) is 3.95. The number of carbonyl (C=O) groups excluding carboxylic acids is 1. The summed E-state index contributed by atoms with van der Waals surface area (Å²) in [4.78, 5) is 27.3. The second-order valence-corrected chi connectivity index (χ2v) is 8.25. The number of nitrogens with zero attached hydrogens (tertiary/aromatic N) is 1. The molecule has 0 bridgehead atoms. The van der Waals surface area contributed by atoms with Crippen molar-refractivity contribution in [2.75, 3.05) is 0 Å². The number of rotatable bonds is 4. The van der Waals surface area contributed by atoms with Crippen molar-refractivity contribution in [2.45, 2.75) is 0 Å². The van der Waals surface area contributed by atoms with Gasteiger partial charge in [-0.1, -0.05) is 0 Å². The van der Waals surface area contributed by atoms with E-state index in [4.69, 9.17) is 23.2 Å². The SMILES string of the molecule is O=C([AsH]c1ccc(Br)cc1C(=O)O)c1cc(Cl)nc(Cl)c1. The summed E-state index contributed by atoms with van der Waals surface area (Å²) in [6.07, 6.45) is 0. The fourth-order valence-corrected chi connectivity index (χ4v) is 4.54. The first-order chi connectivity index (χ1) is 9.86. The molecule has 1 unspecified atom stereocenters. The fourth-order valence-electron chi connectivity index (χ4n) is 1.59. The summed E-state index contributed by atoms with van der Waals surface area (Å²) in [5.41, 5.74) is 0.475. The maximum atomic E-state index is 12.3. The number of carboxylic acids is 1. The van der Waals surface area contributed by atoms with Crippen LogP contribution in [0, 0.1) is 0 Å². The standard InChI is InChI=1S/C13H7AsBrCl2NO3/c15-7-1-2-9(8(5-7)13(20)21)14-12(19)6-3-10(16)18-11(17)4-6/h1-5,14H,(H,20,21). The van der Waals surface area contributed by atoms with Gasteiger partial charge in [-0.3, -0.25) is 0 Å². The van der Waals surface area contributed by atoms with Gasteiger partial charge >= 0.3 is 146 Å². The molecule has 0 saturated carbocycles. The van der Waals surface area contributed by atoms with Gasteiger partial charge in [-0.2, -0.15) is 0 Å². The number of hydrogen-bond donors (Lipinski definition) is 1. The molecule has 8 heteroatoms. The Morgan fingerprint density at radius 1 is 1.14 bits per heavy atom. The maximum absolute atomic E-state index is 12.3. The topological polar surface area (TPSA) is 67.3 Å². The molecule has 0 aliphatic heterocycles. The van der Waals surface area contributed by atoms with Gasteiger partial charge in [-0.05, 0) is 0 Å². The van der Waals surface area contributed by atoms with Gasteiger partial charge in [0.15, 0.2) is 0 Å². The number of benzene rings is 1. The molecule has 0 saturated heterocycles. The van der Waals surface area contributed by atoms with E-state index in [2.05, 4.69) is 20.9 Å². The van der Waals surface area contributed by atoms with Crippen LogP contribution in [0.3, 0.4) is 0 Å². The van der Waals surface area contributed by atoms with Crippen LogP contribution in [0.4, 0.5) is 0 Å². The number of aromatic nitrogens is 1. The summed E-state index contributed by atoms with van der Waals surface area (Å²) in [5.74, 6) is -1.06. The molecule has 0 aliphatic carbocycles. The zero-order chi connectivity index (χ0) is 15.6. The van der Waals surface area contributed by atoms with Crippen LogP contribution in [0.25, 0.3) is 0 Å². The van der Waals surface area contributed by atoms with Crippen LogP contribution in [-0.4, -0.2) is 36.4 Å². The van der Waals surface area contributed by atoms with Crippen molar-refractivity contribution in [3.8, 4) is 0 Å².